The quantitative estimate of drug-likeness (QED) is 0.753. The number of carbonyl (C=O) groups excluding carboxylic acids is 1. The highest BCUT2D eigenvalue weighted by molar-refractivity contribution is 6.08. The average Bonchev–Trinajstić information content (AvgIpc) is 2.28. The van der Waals surface area contributed by atoms with E-state index < -0.39 is 0 Å². The minimum atomic E-state index is 0.0311. The van der Waals surface area contributed by atoms with E-state index in [1.807, 2.05) is 6.07 Å². The van der Waals surface area contributed by atoms with Crippen molar-refractivity contribution in [2.75, 3.05) is 13.6 Å². The van der Waals surface area contributed by atoms with Crippen molar-refractivity contribution in [3.05, 3.63) is 36.4 Å². The Hall–Kier alpha value is -1.81. The lowest BCUT2D eigenvalue weighted by Gasteiger charge is -2.03. The Labute approximate surface area is 87.4 Å². The first kappa shape index (κ1) is 9.73. The number of nitrogens with one attached hydrogen (secondary N) is 1. The highest BCUT2D eigenvalue weighted by atomic mass is 16.1. The van der Waals surface area contributed by atoms with Gasteiger partial charge in [-0.25, -0.2) is 0 Å². The minimum Gasteiger partial charge on any atom is -0.313 e. The highest BCUT2D eigenvalue weighted by Gasteiger charge is 2.09. The summed E-state index contributed by atoms with van der Waals surface area (Å²) >= 11 is 0. The fraction of sp³-hybridized carbons (Fsp3) is 0.182. The molecule has 0 amide bonds. The number of ketones is 1. The molecule has 0 bridgehead atoms. The molecule has 1 N–H and O–H groups in total. The smallest absolute Gasteiger partial charge is 0.178 e. The Morgan fingerprint density at radius 3 is 3.00 bits per heavy atom. The molecule has 2 aromatic heterocycles. The van der Waals surface area contributed by atoms with Crippen LogP contribution in [0.4, 0.5) is 0 Å². The predicted octanol–water partition coefficient (Wildman–Crippen LogP) is 1.03. The maximum Gasteiger partial charge on any atom is 0.178 e. The summed E-state index contributed by atoms with van der Waals surface area (Å²) in [4.78, 5) is 19.8. The lowest BCUT2D eigenvalue weighted by Crippen LogP contribution is -2.18. The van der Waals surface area contributed by atoms with Gasteiger partial charge in [-0.05, 0) is 13.1 Å². The molecule has 0 aliphatic carbocycles. The molecule has 2 rings (SSSR count). The Morgan fingerprint density at radius 2 is 2.20 bits per heavy atom. The van der Waals surface area contributed by atoms with Crippen LogP contribution in [0.5, 0.6) is 0 Å². The molecule has 0 unspecified atom stereocenters. The van der Waals surface area contributed by atoms with Gasteiger partial charge in [-0.2, -0.15) is 0 Å². The van der Waals surface area contributed by atoms with Crippen molar-refractivity contribution >= 4 is 16.6 Å². The van der Waals surface area contributed by atoms with Gasteiger partial charge in [0.2, 0.25) is 0 Å². The number of aromatic nitrogens is 2. The molecule has 0 fully saturated rings. The molecule has 4 nitrogen and oxygen atoms in total. The summed E-state index contributed by atoms with van der Waals surface area (Å²) in [6, 6.07) is 1.85. The van der Waals surface area contributed by atoms with E-state index in [0.717, 1.165) is 10.8 Å². The zero-order valence-corrected chi connectivity index (χ0v) is 8.40. The lowest BCUT2D eigenvalue weighted by molar-refractivity contribution is 0.0995. The number of Topliss-reactive ketones (excluding diaryl/α,β-unsaturated/α-hetero) is 1. The molecule has 76 valence electrons. The SMILES string of the molecule is CNCC(=O)c1cncc2ccncc12. The number of hydrogen-bond donors (Lipinski definition) is 1. The van der Waals surface area contributed by atoms with Crippen molar-refractivity contribution in [3.8, 4) is 0 Å². The summed E-state index contributed by atoms with van der Waals surface area (Å²) in [6.07, 6.45) is 6.70. The van der Waals surface area contributed by atoms with Crippen molar-refractivity contribution in [1.82, 2.24) is 15.3 Å². The third-order valence-corrected chi connectivity index (χ3v) is 2.20. The standard InChI is InChI=1S/C11H11N3O/c1-12-7-11(15)10-6-14-4-8-2-3-13-5-9(8)10/h2-6,12H,7H2,1H3. The monoisotopic (exact) mass is 201 g/mol. The van der Waals surface area contributed by atoms with Gasteiger partial charge in [0.1, 0.15) is 0 Å². The van der Waals surface area contributed by atoms with Crippen LogP contribution < -0.4 is 5.32 Å². The molecule has 0 saturated carbocycles. The van der Waals surface area contributed by atoms with Gasteiger partial charge in [0.15, 0.2) is 5.78 Å². The van der Waals surface area contributed by atoms with Gasteiger partial charge < -0.3 is 5.32 Å². The maximum atomic E-state index is 11.7. The number of carbonyl (C=O) groups is 1. The van der Waals surface area contributed by atoms with E-state index in [2.05, 4.69) is 15.3 Å². The van der Waals surface area contributed by atoms with Crippen LogP contribution in [0.1, 0.15) is 10.4 Å². The van der Waals surface area contributed by atoms with Crippen LogP contribution in [0.2, 0.25) is 0 Å². The van der Waals surface area contributed by atoms with E-state index in [4.69, 9.17) is 0 Å². The fourth-order valence-electron chi connectivity index (χ4n) is 1.48. The molecule has 2 aromatic rings. The maximum absolute atomic E-state index is 11.7. The van der Waals surface area contributed by atoms with Crippen LogP contribution in [0.25, 0.3) is 10.8 Å². The second-order valence-electron chi connectivity index (χ2n) is 3.24. The second kappa shape index (κ2) is 4.14. The molecular formula is C11H11N3O. The molecular weight excluding hydrogens is 190 g/mol. The topological polar surface area (TPSA) is 54.9 Å². The molecule has 0 aliphatic rings. The van der Waals surface area contributed by atoms with Crippen LogP contribution in [0, 0.1) is 0 Å². The summed E-state index contributed by atoms with van der Waals surface area (Å²) in [5, 5.41) is 4.62. The van der Waals surface area contributed by atoms with Gasteiger partial charge in [-0.1, -0.05) is 0 Å². The van der Waals surface area contributed by atoms with Crippen LogP contribution in [0.3, 0.4) is 0 Å². The normalized spacial score (nSPS) is 10.5. The molecule has 0 radical (unpaired) electrons. The lowest BCUT2D eigenvalue weighted by atomic mass is 10.1. The zero-order chi connectivity index (χ0) is 10.7. The van der Waals surface area contributed by atoms with E-state index in [1.54, 1.807) is 31.8 Å². The highest BCUT2D eigenvalue weighted by Crippen LogP contribution is 2.15. The first-order valence-corrected chi connectivity index (χ1v) is 4.68. The number of hydrogen-bond acceptors (Lipinski definition) is 4. The number of pyridine rings is 2. The van der Waals surface area contributed by atoms with Crippen molar-refractivity contribution in [3.63, 3.8) is 0 Å². The molecule has 2 heterocycles. The minimum absolute atomic E-state index is 0.0311. The summed E-state index contributed by atoms with van der Waals surface area (Å²) in [5.74, 6) is 0.0311. The zero-order valence-electron chi connectivity index (χ0n) is 8.40. The van der Waals surface area contributed by atoms with Crippen LogP contribution in [-0.2, 0) is 0 Å². The predicted molar refractivity (Wildman–Crippen MR) is 57.8 cm³/mol. The van der Waals surface area contributed by atoms with Crippen molar-refractivity contribution in [1.29, 1.82) is 0 Å². The Balaban J connectivity index is 2.56. The first-order valence-electron chi connectivity index (χ1n) is 4.68. The summed E-state index contributed by atoms with van der Waals surface area (Å²) < 4.78 is 0. The van der Waals surface area contributed by atoms with Gasteiger partial charge in [0.25, 0.3) is 0 Å². The number of fused-ring (bicyclic) bond motifs is 1. The van der Waals surface area contributed by atoms with Gasteiger partial charge in [0, 0.05) is 41.1 Å². The third-order valence-electron chi connectivity index (χ3n) is 2.20. The van der Waals surface area contributed by atoms with E-state index in [0.29, 0.717) is 12.1 Å². The van der Waals surface area contributed by atoms with Crippen molar-refractivity contribution in [2.24, 2.45) is 0 Å². The van der Waals surface area contributed by atoms with Crippen molar-refractivity contribution < 1.29 is 4.79 Å². The number of nitrogens with zero attached hydrogens (tertiary/aromatic N) is 2. The summed E-state index contributed by atoms with van der Waals surface area (Å²) in [7, 11) is 1.74. The van der Waals surface area contributed by atoms with E-state index in [-0.39, 0.29) is 5.78 Å². The van der Waals surface area contributed by atoms with Gasteiger partial charge in [-0.15, -0.1) is 0 Å². The molecule has 0 aliphatic heterocycles. The first-order chi connectivity index (χ1) is 7.33. The summed E-state index contributed by atoms with van der Waals surface area (Å²) in [6.45, 7) is 0.315. The molecule has 0 saturated heterocycles. The Kier molecular flexibility index (Phi) is 2.69. The van der Waals surface area contributed by atoms with Crippen LogP contribution in [0.15, 0.2) is 30.9 Å². The molecule has 0 aromatic carbocycles. The van der Waals surface area contributed by atoms with Gasteiger partial charge >= 0.3 is 0 Å². The van der Waals surface area contributed by atoms with Gasteiger partial charge in [0.05, 0.1) is 6.54 Å². The van der Waals surface area contributed by atoms with Crippen LogP contribution >= 0.6 is 0 Å². The number of likely N-dealkylation sites (N-methyl/N-ethyl adjacent to an activating group) is 1. The Bertz CT molecular complexity index is 491. The largest absolute Gasteiger partial charge is 0.313 e. The Morgan fingerprint density at radius 1 is 1.33 bits per heavy atom. The van der Waals surface area contributed by atoms with Crippen molar-refractivity contribution in [2.45, 2.75) is 0 Å². The van der Waals surface area contributed by atoms with E-state index in [1.165, 1.54) is 0 Å². The van der Waals surface area contributed by atoms with E-state index >= 15 is 0 Å². The number of rotatable bonds is 3. The second-order valence-corrected chi connectivity index (χ2v) is 3.24. The molecule has 0 atom stereocenters. The molecule has 4 heteroatoms. The molecule has 15 heavy (non-hydrogen) atoms. The summed E-state index contributed by atoms with van der Waals surface area (Å²) in [5.41, 5.74) is 0.620. The van der Waals surface area contributed by atoms with E-state index in [9.17, 15) is 4.79 Å². The molecule has 0 spiro atoms. The third kappa shape index (κ3) is 1.85. The fourth-order valence-corrected chi connectivity index (χ4v) is 1.48. The average molecular weight is 201 g/mol. The van der Waals surface area contributed by atoms with Gasteiger partial charge in [-0.3, -0.25) is 14.8 Å². The van der Waals surface area contributed by atoms with Crippen LogP contribution in [-0.4, -0.2) is 29.3 Å².